The van der Waals surface area contributed by atoms with Crippen LogP contribution < -0.4 is 0 Å². The molecule has 0 aliphatic carbocycles. The Morgan fingerprint density at radius 1 is 1.40 bits per heavy atom. The Morgan fingerprint density at radius 2 is 1.90 bits per heavy atom. The van der Waals surface area contributed by atoms with Crippen molar-refractivity contribution in [2.75, 3.05) is 13.1 Å². The Hall–Kier alpha value is -0.180. The molecule has 0 aromatic heterocycles. The van der Waals surface area contributed by atoms with Crippen molar-refractivity contribution in [3.8, 4) is 0 Å². The number of nitrogens with zero attached hydrogens (tertiary/aromatic N) is 1. The molecule has 1 rings (SSSR count). The number of carbonyl (C=O) groups excluding carboxylic acids is 1. The Labute approximate surface area is 66.0 Å². The summed E-state index contributed by atoms with van der Waals surface area (Å²) in [4.78, 5) is 12.0. The summed E-state index contributed by atoms with van der Waals surface area (Å²) < 4.78 is 0. The average molecular weight is 158 g/mol. The van der Waals surface area contributed by atoms with Crippen LogP contribution in [0.3, 0.4) is 0 Å². The summed E-state index contributed by atoms with van der Waals surface area (Å²) in [5.74, 6) is 0. The molecule has 1 radical (unpaired) electrons. The second-order valence-corrected chi connectivity index (χ2v) is 4.64. The minimum atomic E-state index is 0.574. The molecule has 10 heavy (non-hydrogen) atoms. The predicted molar refractivity (Wildman–Crippen MR) is 43.8 cm³/mol. The van der Waals surface area contributed by atoms with Crippen LogP contribution in [0.1, 0.15) is 13.8 Å². The molecule has 57 valence electrons. The number of thioether (sulfide) groups is 1. The molecular weight excluding hydrogens is 146 g/mol. The molecule has 1 heterocycles. The molecule has 1 saturated heterocycles. The zero-order valence-electron chi connectivity index (χ0n) is 6.33. The van der Waals surface area contributed by atoms with E-state index in [0.29, 0.717) is 10.5 Å². The van der Waals surface area contributed by atoms with E-state index < -0.39 is 0 Å². The first-order valence-corrected chi connectivity index (χ1v) is 4.45. The van der Waals surface area contributed by atoms with Crippen molar-refractivity contribution in [2.45, 2.75) is 24.3 Å². The van der Waals surface area contributed by atoms with Crippen molar-refractivity contribution in [1.82, 2.24) is 4.90 Å². The number of amides is 1. The lowest BCUT2D eigenvalue weighted by Gasteiger charge is -2.30. The standard InChI is InChI=1S/C7H12NOS/c1-6-3-8(5-9)4-7(2)10-6/h6-7H,3-4H2,1-2H3. The van der Waals surface area contributed by atoms with Gasteiger partial charge in [0, 0.05) is 23.6 Å². The molecule has 0 aromatic rings. The fourth-order valence-electron chi connectivity index (χ4n) is 1.25. The van der Waals surface area contributed by atoms with Crippen LogP contribution in [-0.2, 0) is 4.79 Å². The number of hydrogen-bond donors (Lipinski definition) is 0. The highest BCUT2D eigenvalue weighted by molar-refractivity contribution is 8.00. The van der Waals surface area contributed by atoms with Gasteiger partial charge in [-0.3, -0.25) is 4.79 Å². The summed E-state index contributed by atoms with van der Waals surface area (Å²) in [6.45, 7) is 6.01. The molecule has 0 aromatic carbocycles. The second kappa shape index (κ2) is 3.28. The summed E-state index contributed by atoms with van der Waals surface area (Å²) >= 11 is 1.94. The van der Waals surface area contributed by atoms with Gasteiger partial charge in [-0.1, -0.05) is 13.8 Å². The highest BCUT2D eigenvalue weighted by atomic mass is 32.2. The van der Waals surface area contributed by atoms with Crippen LogP contribution in [0, 0.1) is 0 Å². The van der Waals surface area contributed by atoms with Gasteiger partial charge < -0.3 is 4.90 Å². The van der Waals surface area contributed by atoms with E-state index in [1.54, 1.807) is 4.90 Å². The molecule has 0 bridgehead atoms. The molecular formula is C7H12NOS. The van der Waals surface area contributed by atoms with Gasteiger partial charge in [-0.2, -0.15) is 11.8 Å². The molecule has 0 saturated carbocycles. The summed E-state index contributed by atoms with van der Waals surface area (Å²) in [7, 11) is 0. The number of rotatable bonds is 1. The third kappa shape index (κ3) is 1.90. The van der Waals surface area contributed by atoms with Gasteiger partial charge in [0.1, 0.15) is 0 Å². The maximum absolute atomic E-state index is 10.2. The Bertz CT molecular complexity index is 119. The SMILES string of the molecule is CC1CN([C]=O)CC(C)S1. The van der Waals surface area contributed by atoms with E-state index in [2.05, 4.69) is 13.8 Å². The van der Waals surface area contributed by atoms with Crippen molar-refractivity contribution in [1.29, 1.82) is 0 Å². The summed E-state index contributed by atoms with van der Waals surface area (Å²) in [5, 5.41) is 1.15. The quantitative estimate of drug-likeness (QED) is 0.564. The van der Waals surface area contributed by atoms with Crippen LogP contribution in [0.5, 0.6) is 0 Å². The first-order chi connectivity index (χ1) is 4.72. The topological polar surface area (TPSA) is 20.3 Å². The highest BCUT2D eigenvalue weighted by Crippen LogP contribution is 2.23. The van der Waals surface area contributed by atoms with Crippen molar-refractivity contribution in [3.05, 3.63) is 0 Å². The second-order valence-electron chi connectivity index (χ2n) is 2.75. The third-order valence-corrected chi connectivity index (χ3v) is 2.78. The fraction of sp³-hybridized carbons (Fsp3) is 0.857. The van der Waals surface area contributed by atoms with Gasteiger partial charge in [0.05, 0.1) is 0 Å². The van der Waals surface area contributed by atoms with Crippen LogP contribution >= 0.6 is 11.8 Å². The molecule has 1 fully saturated rings. The lowest BCUT2D eigenvalue weighted by Crippen LogP contribution is -2.39. The lowest BCUT2D eigenvalue weighted by atomic mass is 10.3. The Balaban J connectivity index is 2.42. The number of hydrogen-bond acceptors (Lipinski definition) is 2. The zero-order chi connectivity index (χ0) is 7.56. The summed E-state index contributed by atoms with van der Waals surface area (Å²) in [6, 6.07) is 0. The first kappa shape index (κ1) is 7.92. The third-order valence-electron chi connectivity index (χ3n) is 1.55. The molecule has 1 aliphatic heterocycles. The average Bonchev–Trinajstić information content (AvgIpc) is 1.85. The molecule has 1 amide bonds. The van der Waals surface area contributed by atoms with Gasteiger partial charge in [0.2, 0.25) is 0 Å². The van der Waals surface area contributed by atoms with E-state index in [1.807, 2.05) is 18.2 Å². The van der Waals surface area contributed by atoms with Gasteiger partial charge in [-0.15, -0.1) is 0 Å². The van der Waals surface area contributed by atoms with Crippen LogP contribution in [0.4, 0.5) is 0 Å². The van der Waals surface area contributed by atoms with Crippen molar-refractivity contribution in [2.24, 2.45) is 0 Å². The maximum atomic E-state index is 10.2. The van der Waals surface area contributed by atoms with Gasteiger partial charge >= 0.3 is 6.41 Å². The molecule has 2 unspecified atom stereocenters. The minimum absolute atomic E-state index is 0.574. The van der Waals surface area contributed by atoms with Gasteiger partial charge in [-0.05, 0) is 0 Å². The van der Waals surface area contributed by atoms with E-state index in [4.69, 9.17) is 0 Å². The molecule has 0 N–H and O–H groups in total. The van der Waals surface area contributed by atoms with Gasteiger partial charge in [-0.25, -0.2) is 0 Å². The van der Waals surface area contributed by atoms with Crippen molar-refractivity contribution >= 4 is 18.2 Å². The van der Waals surface area contributed by atoms with E-state index >= 15 is 0 Å². The van der Waals surface area contributed by atoms with Crippen molar-refractivity contribution in [3.63, 3.8) is 0 Å². The fourth-order valence-corrected chi connectivity index (χ4v) is 2.58. The Kier molecular flexibility index (Phi) is 2.60. The van der Waals surface area contributed by atoms with E-state index in [9.17, 15) is 4.79 Å². The molecule has 3 heteroatoms. The molecule has 2 atom stereocenters. The van der Waals surface area contributed by atoms with E-state index in [0.717, 1.165) is 13.1 Å². The van der Waals surface area contributed by atoms with Gasteiger partial charge in [0.25, 0.3) is 0 Å². The minimum Gasteiger partial charge on any atom is -0.332 e. The van der Waals surface area contributed by atoms with E-state index in [-0.39, 0.29) is 0 Å². The smallest absolute Gasteiger partial charge is 0.312 e. The zero-order valence-corrected chi connectivity index (χ0v) is 7.15. The summed E-state index contributed by atoms with van der Waals surface area (Å²) in [5.41, 5.74) is 0. The van der Waals surface area contributed by atoms with Crippen LogP contribution in [0.2, 0.25) is 0 Å². The molecule has 0 spiro atoms. The van der Waals surface area contributed by atoms with Gasteiger partial charge in [0.15, 0.2) is 0 Å². The van der Waals surface area contributed by atoms with Crippen LogP contribution in [0.15, 0.2) is 0 Å². The lowest BCUT2D eigenvalue weighted by molar-refractivity contribution is 0.374. The van der Waals surface area contributed by atoms with E-state index in [1.165, 1.54) is 0 Å². The Morgan fingerprint density at radius 3 is 2.30 bits per heavy atom. The molecule has 1 aliphatic rings. The summed E-state index contributed by atoms with van der Waals surface area (Å²) in [6.07, 6.45) is 1.93. The normalized spacial score (nSPS) is 34.0. The maximum Gasteiger partial charge on any atom is 0.312 e. The highest BCUT2D eigenvalue weighted by Gasteiger charge is 2.20. The van der Waals surface area contributed by atoms with Crippen molar-refractivity contribution < 1.29 is 4.79 Å². The monoisotopic (exact) mass is 158 g/mol. The first-order valence-electron chi connectivity index (χ1n) is 3.50. The molecule has 2 nitrogen and oxygen atoms in total. The predicted octanol–water partition coefficient (Wildman–Crippen LogP) is 0.879. The van der Waals surface area contributed by atoms with Crippen LogP contribution in [0.25, 0.3) is 0 Å². The van der Waals surface area contributed by atoms with Crippen LogP contribution in [-0.4, -0.2) is 34.9 Å². The largest absolute Gasteiger partial charge is 0.332 e.